The van der Waals surface area contributed by atoms with Crippen molar-refractivity contribution in [2.75, 3.05) is 24.9 Å². The lowest BCUT2D eigenvalue weighted by atomic mass is 10.2. The van der Waals surface area contributed by atoms with Crippen molar-refractivity contribution in [2.24, 2.45) is 0 Å². The lowest BCUT2D eigenvalue weighted by molar-refractivity contribution is 0.414. The predicted octanol–water partition coefficient (Wildman–Crippen LogP) is 3.72. The van der Waals surface area contributed by atoms with Crippen LogP contribution in [0, 0.1) is 0 Å². The maximum absolute atomic E-state index is 5.16. The molecule has 26 heavy (non-hydrogen) atoms. The molecule has 0 amide bonds. The molecule has 0 spiro atoms. The zero-order chi connectivity index (χ0) is 18.2. The first kappa shape index (κ1) is 17.5. The van der Waals surface area contributed by atoms with Crippen molar-refractivity contribution in [3.8, 4) is 11.5 Å². The molecule has 0 saturated carbocycles. The Morgan fingerprint density at radius 2 is 1.04 bits per heavy atom. The highest BCUT2D eigenvalue weighted by molar-refractivity contribution is 5.41. The third-order valence-electron chi connectivity index (χ3n) is 3.92. The second kappa shape index (κ2) is 8.71. The molecular weight excluding hydrogens is 328 g/mol. The summed E-state index contributed by atoms with van der Waals surface area (Å²) < 4.78 is 10.3. The topological polar surface area (TPSA) is 68.3 Å². The molecule has 1 heterocycles. The summed E-state index contributed by atoms with van der Waals surface area (Å²) in [5, 5.41) is 6.51. The maximum atomic E-state index is 5.16. The normalized spacial score (nSPS) is 10.2. The Bertz CT molecular complexity index is 732. The van der Waals surface area contributed by atoms with E-state index in [1.165, 1.54) is 0 Å². The van der Waals surface area contributed by atoms with E-state index in [4.69, 9.17) is 9.47 Å². The van der Waals surface area contributed by atoms with Crippen LogP contribution in [0.15, 0.2) is 60.9 Å². The molecule has 0 fully saturated rings. The van der Waals surface area contributed by atoms with E-state index in [1.807, 2.05) is 48.5 Å². The molecule has 2 N–H and O–H groups in total. The second-order valence-electron chi connectivity index (χ2n) is 5.69. The molecule has 0 unspecified atom stereocenters. The zero-order valence-corrected chi connectivity index (χ0v) is 14.9. The molecule has 0 aliphatic rings. The number of ether oxygens (including phenoxy) is 2. The SMILES string of the molecule is COc1ccc(CNc2cnc(NCc3ccc(OC)cc3)cn2)cc1. The second-order valence-corrected chi connectivity index (χ2v) is 5.69. The van der Waals surface area contributed by atoms with Crippen LogP contribution in [0.25, 0.3) is 0 Å². The Morgan fingerprint density at radius 1 is 0.654 bits per heavy atom. The van der Waals surface area contributed by atoms with Crippen molar-refractivity contribution in [2.45, 2.75) is 13.1 Å². The van der Waals surface area contributed by atoms with Gasteiger partial charge in [-0.15, -0.1) is 0 Å². The molecular formula is C20H22N4O2. The van der Waals surface area contributed by atoms with Gasteiger partial charge in [-0.25, -0.2) is 9.97 Å². The third-order valence-corrected chi connectivity index (χ3v) is 3.92. The van der Waals surface area contributed by atoms with E-state index >= 15 is 0 Å². The molecule has 0 aliphatic heterocycles. The van der Waals surface area contributed by atoms with Gasteiger partial charge in [-0.1, -0.05) is 24.3 Å². The number of aromatic nitrogens is 2. The molecule has 3 aromatic rings. The smallest absolute Gasteiger partial charge is 0.144 e. The average molecular weight is 350 g/mol. The van der Waals surface area contributed by atoms with E-state index in [2.05, 4.69) is 20.6 Å². The van der Waals surface area contributed by atoms with Crippen molar-refractivity contribution in [3.05, 3.63) is 72.1 Å². The van der Waals surface area contributed by atoms with Crippen molar-refractivity contribution < 1.29 is 9.47 Å². The van der Waals surface area contributed by atoms with Gasteiger partial charge in [-0.2, -0.15) is 0 Å². The highest BCUT2D eigenvalue weighted by Gasteiger charge is 2.00. The molecule has 1 aromatic heterocycles. The highest BCUT2D eigenvalue weighted by Crippen LogP contribution is 2.14. The summed E-state index contributed by atoms with van der Waals surface area (Å²) in [5.74, 6) is 3.16. The molecule has 0 aliphatic carbocycles. The zero-order valence-electron chi connectivity index (χ0n) is 14.9. The van der Waals surface area contributed by atoms with Gasteiger partial charge in [0, 0.05) is 13.1 Å². The number of nitrogens with one attached hydrogen (secondary N) is 2. The van der Waals surface area contributed by atoms with Crippen LogP contribution >= 0.6 is 0 Å². The quantitative estimate of drug-likeness (QED) is 0.645. The van der Waals surface area contributed by atoms with E-state index in [0.29, 0.717) is 13.1 Å². The largest absolute Gasteiger partial charge is 0.497 e. The molecule has 6 nitrogen and oxygen atoms in total. The van der Waals surface area contributed by atoms with Gasteiger partial charge in [0.05, 0.1) is 26.6 Å². The fourth-order valence-electron chi connectivity index (χ4n) is 2.38. The lowest BCUT2D eigenvalue weighted by Gasteiger charge is -2.09. The number of rotatable bonds is 8. The van der Waals surface area contributed by atoms with Gasteiger partial charge in [-0.05, 0) is 35.4 Å². The van der Waals surface area contributed by atoms with E-state index in [9.17, 15) is 0 Å². The number of anilines is 2. The van der Waals surface area contributed by atoms with Crippen molar-refractivity contribution in [1.29, 1.82) is 0 Å². The first-order chi connectivity index (χ1) is 12.8. The van der Waals surface area contributed by atoms with Gasteiger partial charge in [0.1, 0.15) is 23.1 Å². The molecule has 0 atom stereocenters. The fraction of sp³-hybridized carbons (Fsp3) is 0.200. The standard InChI is InChI=1S/C20H22N4O2/c1-25-17-7-3-15(4-8-17)11-21-19-13-24-20(14-23-19)22-12-16-5-9-18(26-2)10-6-16/h3-10,13-14H,11-12H2,1-2H3,(H,21,23)(H,22,24). The van der Waals surface area contributed by atoms with Gasteiger partial charge < -0.3 is 20.1 Å². The highest BCUT2D eigenvalue weighted by atomic mass is 16.5. The minimum Gasteiger partial charge on any atom is -0.497 e. The molecule has 0 radical (unpaired) electrons. The number of nitrogens with zero attached hydrogens (tertiary/aromatic N) is 2. The number of methoxy groups -OCH3 is 2. The molecule has 0 saturated heterocycles. The summed E-state index contributed by atoms with van der Waals surface area (Å²) >= 11 is 0. The number of hydrogen-bond acceptors (Lipinski definition) is 6. The van der Waals surface area contributed by atoms with E-state index < -0.39 is 0 Å². The van der Waals surface area contributed by atoms with Crippen molar-refractivity contribution in [3.63, 3.8) is 0 Å². The Labute approximate surface area is 153 Å². The van der Waals surface area contributed by atoms with Crippen LogP contribution in [-0.2, 0) is 13.1 Å². The Morgan fingerprint density at radius 3 is 1.35 bits per heavy atom. The number of benzene rings is 2. The average Bonchev–Trinajstić information content (AvgIpc) is 2.72. The Kier molecular flexibility index (Phi) is 5.88. The van der Waals surface area contributed by atoms with Crippen LogP contribution < -0.4 is 20.1 Å². The van der Waals surface area contributed by atoms with Crippen LogP contribution in [0.3, 0.4) is 0 Å². The number of hydrogen-bond donors (Lipinski definition) is 2. The minimum atomic E-state index is 0.678. The Hall–Kier alpha value is -3.28. The lowest BCUT2D eigenvalue weighted by Crippen LogP contribution is -2.05. The van der Waals surface area contributed by atoms with E-state index in [-0.39, 0.29) is 0 Å². The summed E-state index contributed by atoms with van der Waals surface area (Å²) in [4.78, 5) is 8.77. The van der Waals surface area contributed by atoms with Crippen LogP contribution in [0.1, 0.15) is 11.1 Å². The molecule has 134 valence electrons. The fourth-order valence-corrected chi connectivity index (χ4v) is 2.38. The van der Waals surface area contributed by atoms with Crippen molar-refractivity contribution in [1.82, 2.24) is 9.97 Å². The molecule has 6 heteroatoms. The minimum absolute atomic E-state index is 0.678. The van der Waals surface area contributed by atoms with Gasteiger partial charge in [-0.3, -0.25) is 0 Å². The van der Waals surface area contributed by atoms with E-state index in [0.717, 1.165) is 34.3 Å². The molecule has 2 aromatic carbocycles. The summed E-state index contributed by atoms with van der Waals surface area (Å²) in [6, 6.07) is 15.8. The maximum Gasteiger partial charge on any atom is 0.144 e. The Balaban J connectivity index is 1.49. The van der Waals surface area contributed by atoms with Crippen LogP contribution in [-0.4, -0.2) is 24.2 Å². The summed E-state index contributed by atoms with van der Waals surface area (Å²) in [6.07, 6.45) is 3.44. The van der Waals surface area contributed by atoms with Crippen LogP contribution in [0.2, 0.25) is 0 Å². The van der Waals surface area contributed by atoms with Gasteiger partial charge >= 0.3 is 0 Å². The van der Waals surface area contributed by atoms with Crippen LogP contribution in [0.4, 0.5) is 11.6 Å². The van der Waals surface area contributed by atoms with E-state index in [1.54, 1.807) is 26.6 Å². The van der Waals surface area contributed by atoms with Gasteiger partial charge in [0.25, 0.3) is 0 Å². The van der Waals surface area contributed by atoms with Gasteiger partial charge in [0.15, 0.2) is 0 Å². The summed E-state index contributed by atoms with van der Waals surface area (Å²) in [5.41, 5.74) is 2.30. The first-order valence-corrected chi connectivity index (χ1v) is 8.32. The third kappa shape index (κ3) is 4.86. The summed E-state index contributed by atoms with van der Waals surface area (Å²) in [6.45, 7) is 1.36. The molecule has 3 rings (SSSR count). The predicted molar refractivity (Wildman–Crippen MR) is 103 cm³/mol. The first-order valence-electron chi connectivity index (χ1n) is 8.32. The van der Waals surface area contributed by atoms with Crippen molar-refractivity contribution >= 4 is 11.6 Å². The molecule has 0 bridgehead atoms. The summed E-state index contributed by atoms with van der Waals surface area (Å²) in [7, 11) is 3.32. The van der Waals surface area contributed by atoms with Crippen LogP contribution in [0.5, 0.6) is 11.5 Å². The monoisotopic (exact) mass is 350 g/mol. The van der Waals surface area contributed by atoms with Gasteiger partial charge in [0.2, 0.25) is 0 Å².